The van der Waals surface area contributed by atoms with E-state index in [-0.39, 0.29) is 6.09 Å². The van der Waals surface area contributed by atoms with Gasteiger partial charge in [-0.15, -0.1) is 0 Å². The first kappa shape index (κ1) is 17.7. The molecule has 5 nitrogen and oxygen atoms in total. The number of nitrogens with zero attached hydrogens (tertiary/aromatic N) is 2. The summed E-state index contributed by atoms with van der Waals surface area (Å²) in [5, 5.41) is 8.19. The fourth-order valence-corrected chi connectivity index (χ4v) is 2.74. The highest BCUT2D eigenvalue weighted by Gasteiger charge is 2.26. The van der Waals surface area contributed by atoms with Gasteiger partial charge in [0.25, 0.3) is 0 Å². The largest absolute Gasteiger partial charge is 0.444 e. The minimum Gasteiger partial charge on any atom is -0.444 e. The van der Waals surface area contributed by atoms with Crippen molar-refractivity contribution in [3.63, 3.8) is 0 Å². The van der Waals surface area contributed by atoms with Gasteiger partial charge in [0, 0.05) is 38.4 Å². The summed E-state index contributed by atoms with van der Waals surface area (Å²) in [6, 6.07) is 0. The van der Waals surface area contributed by atoms with E-state index in [2.05, 4.69) is 23.1 Å². The van der Waals surface area contributed by atoms with Gasteiger partial charge in [-0.05, 0) is 45.6 Å². The van der Waals surface area contributed by atoms with Gasteiger partial charge in [0.05, 0.1) is 0 Å². The maximum Gasteiger partial charge on any atom is 0.410 e. The van der Waals surface area contributed by atoms with Crippen molar-refractivity contribution in [2.24, 2.45) is 0 Å². The zero-order chi connectivity index (χ0) is 16.9. The van der Waals surface area contributed by atoms with Crippen LogP contribution in [0.3, 0.4) is 0 Å². The van der Waals surface area contributed by atoms with Crippen LogP contribution in [0.25, 0.3) is 0 Å². The second-order valence-electron chi connectivity index (χ2n) is 7.23. The Balaban J connectivity index is 1.84. The smallest absolute Gasteiger partial charge is 0.410 e. The highest BCUT2D eigenvalue weighted by atomic mass is 16.6. The Morgan fingerprint density at radius 2 is 1.96 bits per heavy atom. The first-order valence-electron chi connectivity index (χ1n) is 8.49. The number of hydrogen-bond donors (Lipinski definition) is 1. The highest BCUT2D eigenvalue weighted by molar-refractivity contribution is 5.98. The zero-order valence-corrected chi connectivity index (χ0v) is 14.6. The van der Waals surface area contributed by atoms with E-state index in [0.717, 1.165) is 50.2 Å². The van der Waals surface area contributed by atoms with Gasteiger partial charge < -0.3 is 15.0 Å². The van der Waals surface area contributed by atoms with Gasteiger partial charge in [0.15, 0.2) is 0 Å². The molecule has 5 heteroatoms. The summed E-state index contributed by atoms with van der Waals surface area (Å²) in [5.74, 6) is 0. The van der Waals surface area contributed by atoms with E-state index in [1.807, 2.05) is 20.8 Å². The number of hydrogen-bond acceptors (Lipinski definition) is 4. The van der Waals surface area contributed by atoms with E-state index in [1.54, 1.807) is 4.90 Å². The molecule has 0 spiro atoms. The number of nitrogens with one attached hydrogen (secondary N) is 1. The van der Waals surface area contributed by atoms with Crippen molar-refractivity contribution < 1.29 is 9.53 Å². The molecule has 1 aliphatic carbocycles. The Labute approximate surface area is 139 Å². The molecule has 1 saturated heterocycles. The number of amides is 1. The van der Waals surface area contributed by atoms with Crippen LogP contribution in [0.1, 0.15) is 40.0 Å². The number of piperazine rings is 1. The lowest BCUT2D eigenvalue weighted by atomic mass is 10.0. The fourth-order valence-electron chi connectivity index (χ4n) is 2.74. The molecule has 0 unspecified atom stereocenters. The maximum atomic E-state index is 12.1. The van der Waals surface area contributed by atoms with Gasteiger partial charge in [-0.3, -0.25) is 4.90 Å². The maximum absolute atomic E-state index is 12.1. The molecule has 128 valence electrons. The second-order valence-corrected chi connectivity index (χ2v) is 7.23. The molecular formula is C18H29N3O2. The lowest BCUT2D eigenvalue weighted by Crippen LogP contribution is -2.50. The first-order chi connectivity index (χ1) is 10.8. The Morgan fingerprint density at radius 1 is 1.26 bits per heavy atom. The van der Waals surface area contributed by atoms with Gasteiger partial charge in [0.2, 0.25) is 0 Å². The van der Waals surface area contributed by atoms with Crippen molar-refractivity contribution in [1.29, 1.82) is 5.41 Å². The Hall–Kier alpha value is -1.62. The number of carbonyl (C=O) groups is 1. The molecule has 0 aromatic carbocycles. The molecule has 1 fully saturated rings. The van der Waals surface area contributed by atoms with Crippen LogP contribution in [0.15, 0.2) is 23.8 Å². The van der Waals surface area contributed by atoms with E-state index in [0.29, 0.717) is 13.1 Å². The Morgan fingerprint density at radius 3 is 2.61 bits per heavy atom. The number of carbonyl (C=O) groups excluding carboxylic acids is 1. The van der Waals surface area contributed by atoms with Crippen LogP contribution in [0.2, 0.25) is 0 Å². The molecule has 1 aliphatic heterocycles. The van der Waals surface area contributed by atoms with E-state index < -0.39 is 5.60 Å². The van der Waals surface area contributed by atoms with Crippen molar-refractivity contribution >= 4 is 11.8 Å². The highest BCUT2D eigenvalue weighted by Crippen LogP contribution is 2.15. The van der Waals surface area contributed by atoms with E-state index in [4.69, 9.17) is 10.1 Å². The van der Waals surface area contributed by atoms with Gasteiger partial charge in [-0.2, -0.15) is 0 Å². The third kappa shape index (κ3) is 5.82. The molecule has 0 atom stereocenters. The summed E-state index contributed by atoms with van der Waals surface area (Å²) < 4.78 is 5.42. The van der Waals surface area contributed by atoms with E-state index in [1.165, 1.54) is 0 Å². The molecule has 1 amide bonds. The van der Waals surface area contributed by atoms with Crippen molar-refractivity contribution in [2.45, 2.75) is 45.6 Å². The van der Waals surface area contributed by atoms with Crippen molar-refractivity contribution in [2.75, 3.05) is 32.7 Å². The molecule has 0 aromatic rings. The molecule has 1 N–H and O–H groups in total. The molecule has 0 aromatic heterocycles. The summed E-state index contributed by atoms with van der Waals surface area (Å²) in [6.07, 6.45) is 9.06. The van der Waals surface area contributed by atoms with Crippen LogP contribution in [0.4, 0.5) is 4.79 Å². The molecular weight excluding hydrogens is 290 g/mol. The van der Waals surface area contributed by atoms with Crippen molar-refractivity contribution in [3.8, 4) is 0 Å². The minimum absolute atomic E-state index is 0.224. The Bertz CT molecular complexity index is 495. The van der Waals surface area contributed by atoms with E-state index in [9.17, 15) is 4.79 Å². The van der Waals surface area contributed by atoms with Gasteiger partial charge in [-0.1, -0.05) is 18.2 Å². The van der Waals surface area contributed by atoms with Crippen LogP contribution >= 0.6 is 0 Å². The molecule has 0 radical (unpaired) electrons. The summed E-state index contributed by atoms with van der Waals surface area (Å²) >= 11 is 0. The summed E-state index contributed by atoms with van der Waals surface area (Å²) in [7, 11) is 0. The summed E-state index contributed by atoms with van der Waals surface area (Å²) in [5.41, 5.74) is 1.41. The Kier molecular flexibility index (Phi) is 5.99. The fraction of sp³-hybridized carbons (Fsp3) is 0.667. The van der Waals surface area contributed by atoms with Crippen LogP contribution in [-0.4, -0.2) is 59.9 Å². The topological polar surface area (TPSA) is 56.6 Å². The predicted octanol–water partition coefficient (Wildman–Crippen LogP) is 3.23. The molecule has 1 heterocycles. The number of allylic oxidation sites excluding steroid dienone is 3. The van der Waals surface area contributed by atoms with Crippen LogP contribution in [-0.2, 0) is 4.74 Å². The lowest BCUT2D eigenvalue weighted by Gasteiger charge is -2.36. The monoisotopic (exact) mass is 319 g/mol. The van der Waals surface area contributed by atoms with Gasteiger partial charge in [0.1, 0.15) is 5.60 Å². The third-order valence-electron chi connectivity index (χ3n) is 4.04. The van der Waals surface area contributed by atoms with Gasteiger partial charge >= 0.3 is 6.09 Å². The molecule has 2 aliphatic rings. The van der Waals surface area contributed by atoms with Gasteiger partial charge in [-0.25, -0.2) is 4.79 Å². The number of ether oxygens (including phenoxy) is 1. The first-order valence-corrected chi connectivity index (χ1v) is 8.49. The van der Waals surface area contributed by atoms with Crippen LogP contribution in [0, 0.1) is 5.41 Å². The average Bonchev–Trinajstić information content (AvgIpc) is 2.46. The molecule has 23 heavy (non-hydrogen) atoms. The second kappa shape index (κ2) is 7.77. The SMILES string of the molecule is CC(C)(C)OC(=O)N1CCN(C/C2=C/C=CCCCC2=N)CC1. The van der Waals surface area contributed by atoms with Crippen molar-refractivity contribution in [3.05, 3.63) is 23.8 Å². The normalized spacial score (nSPS) is 23.0. The molecule has 0 bridgehead atoms. The van der Waals surface area contributed by atoms with E-state index >= 15 is 0 Å². The zero-order valence-electron chi connectivity index (χ0n) is 14.6. The molecule has 0 saturated carbocycles. The molecule has 2 rings (SSSR count). The standard InChI is InChI=1S/C18H29N3O2/c1-18(2,3)23-17(22)21-12-10-20(11-13-21)14-15-8-6-4-5-7-9-16(15)19/h4,6,8,19H,5,7,9-14H2,1-3H3/b6-4?,15-8-,19-16?. The average molecular weight is 319 g/mol. The van der Waals surface area contributed by atoms with Crippen LogP contribution in [0.5, 0.6) is 0 Å². The minimum atomic E-state index is -0.445. The predicted molar refractivity (Wildman–Crippen MR) is 93.0 cm³/mol. The van der Waals surface area contributed by atoms with Crippen LogP contribution < -0.4 is 0 Å². The number of rotatable bonds is 2. The third-order valence-corrected chi connectivity index (χ3v) is 4.04. The summed E-state index contributed by atoms with van der Waals surface area (Å²) in [6.45, 7) is 9.49. The lowest BCUT2D eigenvalue weighted by molar-refractivity contribution is 0.0153. The van der Waals surface area contributed by atoms with Crippen molar-refractivity contribution in [1.82, 2.24) is 9.80 Å². The quantitative estimate of drug-likeness (QED) is 0.850. The summed E-state index contributed by atoms with van der Waals surface area (Å²) in [4.78, 5) is 16.2.